The van der Waals surface area contributed by atoms with Crippen molar-refractivity contribution in [1.29, 1.82) is 0 Å². The van der Waals surface area contributed by atoms with E-state index >= 15 is 0 Å². The van der Waals surface area contributed by atoms with E-state index in [-0.39, 0.29) is 10.7 Å². The van der Waals surface area contributed by atoms with E-state index in [2.05, 4.69) is 4.72 Å². The SMILES string of the molecule is NC(=S)c1cccc(NS(=O)(=O)CCCC(F)(F)F)c1. The maximum atomic E-state index is 12.0. The number of nitrogens with one attached hydrogen (secondary N) is 1. The number of alkyl halides is 3. The zero-order valence-corrected chi connectivity index (χ0v) is 11.9. The van der Waals surface area contributed by atoms with Gasteiger partial charge in [0.05, 0.1) is 5.75 Å². The number of halogens is 3. The maximum Gasteiger partial charge on any atom is 0.389 e. The van der Waals surface area contributed by atoms with E-state index in [0.717, 1.165) is 0 Å². The predicted octanol–water partition coefficient (Wildman–Crippen LogP) is 2.41. The van der Waals surface area contributed by atoms with E-state index in [9.17, 15) is 21.6 Å². The molecule has 1 aromatic rings. The highest BCUT2D eigenvalue weighted by Crippen LogP contribution is 2.22. The molecule has 0 fully saturated rings. The Morgan fingerprint density at radius 2 is 2.00 bits per heavy atom. The topological polar surface area (TPSA) is 72.2 Å². The Hall–Kier alpha value is -1.35. The summed E-state index contributed by atoms with van der Waals surface area (Å²) in [5, 5.41) is 0. The number of nitrogens with two attached hydrogens (primary N) is 1. The van der Waals surface area contributed by atoms with Gasteiger partial charge in [-0.2, -0.15) is 13.2 Å². The summed E-state index contributed by atoms with van der Waals surface area (Å²) in [6, 6.07) is 6.03. The first-order valence-electron chi connectivity index (χ1n) is 5.56. The molecule has 0 spiro atoms. The summed E-state index contributed by atoms with van der Waals surface area (Å²) in [6.45, 7) is 0. The molecule has 0 unspecified atom stereocenters. The lowest BCUT2D eigenvalue weighted by Gasteiger charge is -2.10. The van der Waals surface area contributed by atoms with Crippen molar-refractivity contribution < 1.29 is 21.6 Å². The summed E-state index contributed by atoms with van der Waals surface area (Å²) in [5.41, 5.74) is 6.08. The van der Waals surface area contributed by atoms with E-state index in [1.807, 2.05) is 0 Å². The molecule has 0 amide bonds. The van der Waals surface area contributed by atoms with Crippen LogP contribution in [0.3, 0.4) is 0 Å². The van der Waals surface area contributed by atoms with Crippen LogP contribution in [0, 0.1) is 0 Å². The molecule has 1 aromatic carbocycles. The summed E-state index contributed by atoms with van der Waals surface area (Å²) in [7, 11) is -3.83. The molecule has 0 aliphatic heterocycles. The molecule has 3 N–H and O–H groups in total. The third-order valence-electron chi connectivity index (χ3n) is 2.29. The number of rotatable bonds is 6. The van der Waals surface area contributed by atoms with Crippen molar-refractivity contribution in [3.05, 3.63) is 29.8 Å². The van der Waals surface area contributed by atoms with Gasteiger partial charge in [0.1, 0.15) is 4.99 Å². The van der Waals surface area contributed by atoms with E-state index in [1.54, 1.807) is 12.1 Å². The van der Waals surface area contributed by atoms with Gasteiger partial charge in [0.2, 0.25) is 10.0 Å². The Bertz CT molecular complexity index is 586. The fourth-order valence-electron chi connectivity index (χ4n) is 1.43. The Kier molecular flexibility index (Phi) is 5.35. The zero-order valence-electron chi connectivity index (χ0n) is 10.3. The van der Waals surface area contributed by atoms with Crippen molar-refractivity contribution in [2.45, 2.75) is 19.0 Å². The molecular formula is C11H13F3N2O2S2. The molecule has 0 aliphatic carbocycles. The molecule has 0 saturated heterocycles. The van der Waals surface area contributed by atoms with Gasteiger partial charge in [0, 0.05) is 17.7 Å². The van der Waals surface area contributed by atoms with Crippen LogP contribution in [0.15, 0.2) is 24.3 Å². The van der Waals surface area contributed by atoms with E-state index in [0.29, 0.717) is 5.56 Å². The van der Waals surface area contributed by atoms with Crippen LogP contribution in [-0.2, 0) is 10.0 Å². The van der Waals surface area contributed by atoms with Gasteiger partial charge in [-0.15, -0.1) is 0 Å². The van der Waals surface area contributed by atoms with E-state index < -0.39 is 34.8 Å². The largest absolute Gasteiger partial charge is 0.389 e. The van der Waals surface area contributed by atoms with Crippen molar-refractivity contribution in [3.63, 3.8) is 0 Å². The van der Waals surface area contributed by atoms with Crippen LogP contribution in [-0.4, -0.2) is 25.3 Å². The van der Waals surface area contributed by atoms with Gasteiger partial charge >= 0.3 is 6.18 Å². The van der Waals surface area contributed by atoms with Crippen molar-refractivity contribution in [2.24, 2.45) is 5.73 Å². The van der Waals surface area contributed by atoms with Crippen molar-refractivity contribution in [2.75, 3.05) is 10.5 Å². The first-order chi connectivity index (χ1) is 9.09. The smallest absolute Gasteiger partial charge is 0.389 e. The van der Waals surface area contributed by atoms with E-state index in [1.165, 1.54) is 12.1 Å². The number of hydrogen-bond acceptors (Lipinski definition) is 3. The first-order valence-corrected chi connectivity index (χ1v) is 7.62. The minimum absolute atomic E-state index is 0.100. The highest BCUT2D eigenvalue weighted by Gasteiger charge is 2.27. The predicted molar refractivity (Wildman–Crippen MR) is 75.0 cm³/mol. The summed E-state index contributed by atoms with van der Waals surface area (Å²) in [6.07, 6.45) is -5.99. The summed E-state index contributed by atoms with van der Waals surface area (Å²) in [4.78, 5) is 0.100. The second-order valence-corrected chi connectivity index (χ2v) is 6.37. The molecule has 1 rings (SSSR count). The lowest BCUT2D eigenvalue weighted by atomic mass is 10.2. The molecule has 112 valence electrons. The summed E-state index contributed by atoms with van der Waals surface area (Å²) >= 11 is 4.75. The van der Waals surface area contributed by atoms with Crippen LogP contribution in [0.2, 0.25) is 0 Å². The number of hydrogen-bond donors (Lipinski definition) is 2. The molecule has 0 heterocycles. The number of benzene rings is 1. The molecule has 0 aliphatic rings. The molecule has 9 heteroatoms. The molecule has 0 aromatic heterocycles. The van der Waals surface area contributed by atoms with Crippen molar-refractivity contribution in [1.82, 2.24) is 0 Å². The Labute approximate surface area is 120 Å². The Morgan fingerprint density at radius 1 is 1.35 bits per heavy atom. The normalized spacial score (nSPS) is 12.2. The van der Waals surface area contributed by atoms with Crippen LogP contribution in [0.1, 0.15) is 18.4 Å². The second-order valence-electron chi connectivity index (χ2n) is 4.08. The van der Waals surface area contributed by atoms with Gasteiger partial charge in [-0.3, -0.25) is 4.72 Å². The standard InChI is InChI=1S/C11H13F3N2O2S2/c12-11(13,14)5-2-6-20(17,18)16-9-4-1-3-8(7-9)10(15)19/h1,3-4,7,16H,2,5-6H2,(H2,15,19). The Morgan fingerprint density at radius 3 is 2.55 bits per heavy atom. The fourth-order valence-corrected chi connectivity index (χ4v) is 2.67. The minimum atomic E-state index is -4.36. The third-order valence-corrected chi connectivity index (χ3v) is 3.90. The molecule has 20 heavy (non-hydrogen) atoms. The van der Waals surface area contributed by atoms with Crippen LogP contribution in [0.25, 0.3) is 0 Å². The molecule has 0 saturated carbocycles. The Balaban J connectivity index is 2.67. The quantitative estimate of drug-likeness (QED) is 0.788. The van der Waals surface area contributed by atoms with Gasteiger partial charge in [-0.1, -0.05) is 24.4 Å². The lowest BCUT2D eigenvalue weighted by molar-refractivity contribution is -0.134. The fraction of sp³-hybridized carbons (Fsp3) is 0.364. The number of anilines is 1. The number of sulfonamides is 1. The molecule has 4 nitrogen and oxygen atoms in total. The summed E-state index contributed by atoms with van der Waals surface area (Å²) in [5.74, 6) is -0.607. The zero-order chi connectivity index (χ0) is 15.4. The molecule has 0 bridgehead atoms. The van der Waals surface area contributed by atoms with Crippen LogP contribution in [0.4, 0.5) is 18.9 Å². The minimum Gasteiger partial charge on any atom is -0.389 e. The molecular weight excluding hydrogens is 313 g/mol. The van der Waals surface area contributed by atoms with Gasteiger partial charge < -0.3 is 5.73 Å². The van der Waals surface area contributed by atoms with Gasteiger partial charge in [-0.05, 0) is 18.6 Å². The number of thiocarbonyl (C=S) groups is 1. The highest BCUT2D eigenvalue weighted by molar-refractivity contribution is 7.92. The van der Waals surface area contributed by atoms with Crippen molar-refractivity contribution in [3.8, 4) is 0 Å². The lowest BCUT2D eigenvalue weighted by Crippen LogP contribution is -2.19. The van der Waals surface area contributed by atoms with Gasteiger partial charge in [0.25, 0.3) is 0 Å². The van der Waals surface area contributed by atoms with Crippen LogP contribution < -0.4 is 10.5 Å². The van der Waals surface area contributed by atoms with Gasteiger partial charge in [-0.25, -0.2) is 8.42 Å². The second kappa shape index (κ2) is 6.40. The highest BCUT2D eigenvalue weighted by atomic mass is 32.2. The summed E-state index contributed by atoms with van der Waals surface area (Å²) < 4.78 is 61.3. The van der Waals surface area contributed by atoms with Crippen LogP contribution >= 0.6 is 12.2 Å². The van der Waals surface area contributed by atoms with Crippen molar-refractivity contribution >= 4 is 32.9 Å². The average Bonchev–Trinajstić information content (AvgIpc) is 2.26. The maximum absolute atomic E-state index is 12.0. The molecule has 0 atom stereocenters. The first kappa shape index (κ1) is 16.7. The van der Waals surface area contributed by atoms with Gasteiger partial charge in [0.15, 0.2) is 0 Å². The monoisotopic (exact) mass is 326 g/mol. The van der Waals surface area contributed by atoms with E-state index in [4.69, 9.17) is 18.0 Å². The third kappa shape index (κ3) is 6.20. The molecule has 0 radical (unpaired) electrons. The average molecular weight is 326 g/mol. The van der Waals surface area contributed by atoms with Crippen LogP contribution in [0.5, 0.6) is 0 Å².